The maximum atomic E-state index is 11.2. The third-order valence-corrected chi connectivity index (χ3v) is 2.49. The van der Waals surface area contributed by atoms with Crippen LogP contribution < -0.4 is 4.74 Å². The molecule has 1 aliphatic heterocycles. The minimum Gasteiger partial charge on any atom is -0.624 e. The van der Waals surface area contributed by atoms with Gasteiger partial charge in [0.15, 0.2) is 12.8 Å². The minimum atomic E-state index is 0.458. The van der Waals surface area contributed by atoms with Gasteiger partial charge in [-0.15, -0.1) is 0 Å². The van der Waals surface area contributed by atoms with Crippen molar-refractivity contribution in [1.82, 2.24) is 0 Å². The summed E-state index contributed by atoms with van der Waals surface area (Å²) in [5, 5.41) is 11.2. The Morgan fingerprint density at radius 3 is 3.00 bits per heavy atom. The summed E-state index contributed by atoms with van der Waals surface area (Å²) >= 11 is 0. The Hall–Kier alpha value is -1.51. The molecule has 0 aromatic heterocycles. The van der Waals surface area contributed by atoms with Crippen molar-refractivity contribution in [2.75, 3.05) is 7.11 Å². The molecular weight excluding hydrogens is 178 g/mol. The molecule has 0 atom stereocenters. The number of hydroxylamine groups is 1. The number of benzene rings is 1. The SMILES string of the molecule is COc1ccc2c(c1)CCC=[N+]([O-])C2. The van der Waals surface area contributed by atoms with E-state index in [0.29, 0.717) is 6.54 Å². The Labute approximate surface area is 83.2 Å². The van der Waals surface area contributed by atoms with E-state index in [1.165, 1.54) is 5.56 Å². The van der Waals surface area contributed by atoms with E-state index in [1.807, 2.05) is 18.2 Å². The van der Waals surface area contributed by atoms with Crippen LogP contribution >= 0.6 is 0 Å². The molecule has 0 radical (unpaired) electrons. The molecule has 1 aromatic rings. The summed E-state index contributed by atoms with van der Waals surface area (Å²) in [5.74, 6) is 0.864. The maximum absolute atomic E-state index is 11.2. The first-order valence-electron chi connectivity index (χ1n) is 4.72. The lowest BCUT2D eigenvalue weighted by molar-refractivity contribution is -0.470. The van der Waals surface area contributed by atoms with Gasteiger partial charge in [-0.1, -0.05) is 0 Å². The van der Waals surface area contributed by atoms with E-state index in [9.17, 15) is 5.21 Å². The Morgan fingerprint density at radius 1 is 1.36 bits per heavy atom. The quantitative estimate of drug-likeness (QED) is 0.500. The fraction of sp³-hybridized carbons (Fsp3) is 0.364. The lowest BCUT2D eigenvalue weighted by Gasteiger charge is -2.07. The lowest BCUT2D eigenvalue weighted by atomic mass is 10.0. The molecule has 1 aliphatic rings. The minimum absolute atomic E-state index is 0.458. The fourth-order valence-corrected chi connectivity index (χ4v) is 1.71. The highest BCUT2D eigenvalue weighted by Crippen LogP contribution is 2.20. The number of rotatable bonds is 1. The molecule has 1 aromatic carbocycles. The molecule has 1 heterocycles. The molecule has 0 N–H and O–H groups in total. The molecule has 0 saturated carbocycles. The second-order valence-electron chi connectivity index (χ2n) is 3.43. The van der Waals surface area contributed by atoms with Crippen LogP contribution in [0.15, 0.2) is 18.2 Å². The molecule has 0 amide bonds. The van der Waals surface area contributed by atoms with Gasteiger partial charge in [-0.25, -0.2) is 4.74 Å². The number of methoxy groups -OCH3 is 1. The first kappa shape index (κ1) is 9.06. The molecule has 14 heavy (non-hydrogen) atoms. The van der Waals surface area contributed by atoms with Crippen LogP contribution in [0.4, 0.5) is 0 Å². The van der Waals surface area contributed by atoms with Crippen LogP contribution in [0.5, 0.6) is 5.75 Å². The normalized spacial score (nSPS) is 15.4. The van der Waals surface area contributed by atoms with Crippen LogP contribution in [0.2, 0.25) is 0 Å². The highest BCUT2D eigenvalue weighted by Gasteiger charge is 2.11. The van der Waals surface area contributed by atoms with E-state index in [-0.39, 0.29) is 0 Å². The first-order chi connectivity index (χ1) is 6.79. The number of hydrogen-bond donors (Lipinski definition) is 0. The number of fused-ring (bicyclic) bond motifs is 1. The van der Waals surface area contributed by atoms with E-state index in [4.69, 9.17) is 4.74 Å². The smallest absolute Gasteiger partial charge is 0.178 e. The number of aryl methyl sites for hydroxylation is 1. The van der Waals surface area contributed by atoms with Crippen molar-refractivity contribution >= 4 is 6.21 Å². The van der Waals surface area contributed by atoms with E-state index < -0.39 is 0 Å². The van der Waals surface area contributed by atoms with Crippen LogP contribution in [-0.4, -0.2) is 18.1 Å². The van der Waals surface area contributed by atoms with Gasteiger partial charge >= 0.3 is 0 Å². The van der Waals surface area contributed by atoms with Crippen molar-refractivity contribution in [3.05, 3.63) is 34.5 Å². The highest BCUT2D eigenvalue weighted by molar-refractivity contribution is 5.53. The van der Waals surface area contributed by atoms with Crippen molar-refractivity contribution in [1.29, 1.82) is 0 Å². The Balaban J connectivity index is 2.35. The molecule has 0 fully saturated rings. The molecule has 0 aliphatic carbocycles. The average Bonchev–Trinajstić information content (AvgIpc) is 2.37. The Kier molecular flexibility index (Phi) is 2.39. The van der Waals surface area contributed by atoms with Crippen LogP contribution in [0.1, 0.15) is 17.5 Å². The van der Waals surface area contributed by atoms with E-state index >= 15 is 0 Å². The number of nitrogens with zero attached hydrogens (tertiary/aromatic N) is 1. The molecule has 3 heteroatoms. The summed E-state index contributed by atoms with van der Waals surface area (Å²) in [6, 6.07) is 5.89. The summed E-state index contributed by atoms with van der Waals surface area (Å²) in [6.07, 6.45) is 3.43. The molecule has 3 nitrogen and oxygen atoms in total. The zero-order valence-corrected chi connectivity index (χ0v) is 8.19. The summed E-state index contributed by atoms with van der Waals surface area (Å²) in [7, 11) is 1.66. The van der Waals surface area contributed by atoms with E-state index in [2.05, 4.69) is 0 Å². The Morgan fingerprint density at radius 2 is 2.21 bits per heavy atom. The zero-order chi connectivity index (χ0) is 9.97. The lowest BCUT2D eigenvalue weighted by Crippen LogP contribution is -2.02. The predicted molar refractivity (Wildman–Crippen MR) is 54.7 cm³/mol. The molecule has 0 spiro atoms. The summed E-state index contributed by atoms with van der Waals surface area (Å²) in [5.41, 5.74) is 2.33. The van der Waals surface area contributed by atoms with Gasteiger partial charge in [0.25, 0.3) is 0 Å². The van der Waals surface area contributed by atoms with Crippen LogP contribution in [0, 0.1) is 5.21 Å². The van der Waals surface area contributed by atoms with Gasteiger partial charge in [-0.2, -0.15) is 0 Å². The van der Waals surface area contributed by atoms with Crippen molar-refractivity contribution in [2.45, 2.75) is 19.4 Å². The van der Waals surface area contributed by atoms with Crippen LogP contribution in [-0.2, 0) is 13.0 Å². The van der Waals surface area contributed by atoms with Crippen molar-refractivity contribution in [2.24, 2.45) is 0 Å². The third-order valence-electron chi connectivity index (χ3n) is 2.49. The summed E-state index contributed by atoms with van der Waals surface area (Å²) in [4.78, 5) is 0. The fourth-order valence-electron chi connectivity index (χ4n) is 1.71. The van der Waals surface area contributed by atoms with Crippen molar-refractivity contribution in [3.8, 4) is 5.75 Å². The van der Waals surface area contributed by atoms with E-state index in [1.54, 1.807) is 13.3 Å². The second-order valence-corrected chi connectivity index (χ2v) is 3.43. The third kappa shape index (κ3) is 1.71. The molecule has 0 saturated heterocycles. The van der Waals surface area contributed by atoms with Crippen molar-refractivity contribution < 1.29 is 9.48 Å². The van der Waals surface area contributed by atoms with Gasteiger partial charge in [-0.3, -0.25) is 0 Å². The molecular formula is C11H13NO2. The van der Waals surface area contributed by atoms with Gasteiger partial charge in [0.05, 0.1) is 7.11 Å². The van der Waals surface area contributed by atoms with E-state index in [0.717, 1.165) is 28.9 Å². The summed E-state index contributed by atoms with van der Waals surface area (Å²) in [6.45, 7) is 0.458. The second kappa shape index (κ2) is 3.70. The molecule has 0 unspecified atom stereocenters. The topological polar surface area (TPSA) is 35.3 Å². The molecule has 74 valence electrons. The van der Waals surface area contributed by atoms with Gasteiger partial charge in [0.1, 0.15) is 5.75 Å². The standard InChI is InChI=1S/C11H13NO2/c1-14-11-5-4-10-8-12(13)6-2-3-9(10)7-11/h4-7H,2-3,8H2,1H3. The van der Waals surface area contributed by atoms with Crippen LogP contribution in [0.25, 0.3) is 0 Å². The molecule has 2 rings (SSSR count). The monoisotopic (exact) mass is 191 g/mol. The Bertz CT molecular complexity index is 372. The van der Waals surface area contributed by atoms with Gasteiger partial charge in [-0.05, 0) is 30.2 Å². The van der Waals surface area contributed by atoms with Crippen molar-refractivity contribution in [3.63, 3.8) is 0 Å². The van der Waals surface area contributed by atoms with Crippen LogP contribution in [0.3, 0.4) is 0 Å². The summed E-state index contributed by atoms with van der Waals surface area (Å²) < 4.78 is 6.14. The van der Waals surface area contributed by atoms with Gasteiger partial charge in [0, 0.05) is 12.0 Å². The maximum Gasteiger partial charge on any atom is 0.178 e. The zero-order valence-electron chi connectivity index (χ0n) is 8.19. The number of ether oxygens (including phenoxy) is 1. The highest BCUT2D eigenvalue weighted by atomic mass is 16.5. The molecule has 0 bridgehead atoms. The predicted octanol–water partition coefficient (Wildman–Crippen LogP) is 1.72. The van der Waals surface area contributed by atoms with Gasteiger partial charge in [0.2, 0.25) is 0 Å². The first-order valence-corrected chi connectivity index (χ1v) is 4.72. The van der Waals surface area contributed by atoms with Gasteiger partial charge < -0.3 is 9.94 Å². The largest absolute Gasteiger partial charge is 0.624 e. The average molecular weight is 191 g/mol. The number of hydrogen-bond acceptors (Lipinski definition) is 2.